The molecule has 5 rings (SSSR count). The van der Waals surface area contributed by atoms with Crippen LogP contribution in [0.15, 0.2) is 77.3 Å². The first-order valence-electron chi connectivity index (χ1n) is 13.5. The van der Waals surface area contributed by atoms with Crippen molar-refractivity contribution in [1.82, 2.24) is 0 Å². The molecule has 0 amide bonds. The molecular formula is C33H31ClFN3O2. The molecule has 0 saturated carbocycles. The van der Waals surface area contributed by atoms with E-state index in [0.29, 0.717) is 35.6 Å². The highest BCUT2D eigenvalue weighted by molar-refractivity contribution is 6.32. The molecule has 5 nitrogen and oxygen atoms in total. The van der Waals surface area contributed by atoms with E-state index in [9.17, 15) is 14.4 Å². The second kappa shape index (κ2) is 11.2. The number of carbonyl (C=O) groups is 1. The molecule has 1 atom stereocenters. The minimum atomic E-state index is -0.576. The lowest BCUT2D eigenvalue weighted by Gasteiger charge is -2.40. The zero-order chi connectivity index (χ0) is 28.6. The number of aryl methyl sites for hydroxylation is 3. The van der Waals surface area contributed by atoms with E-state index in [-0.39, 0.29) is 17.4 Å². The van der Waals surface area contributed by atoms with Gasteiger partial charge in [0.05, 0.1) is 22.6 Å². The van der Waals surface area contributed by atoms with Gasteiger partial charge >= 0.3 is 0 Å². The molecule has 0 bridgehead atoms. The summed E-state index contributed by atoms with van der Waals surface area (Å²) in [6.45, 7) is 6.25. The van der Waals surface area contributed by atoms with Crippen molar-refractivity contribution in [3.8, 4) is 11.8 Å². The number of hydrogen-bond donors (Lipinski definition) is 1. The Morgan fingerprint density at radius 2 is 1.85 bits per heavy atom. The molecule has 1 aliphatic heterocycles. The van der Waals surface area contributed by atoms with Crippen LogP contribution in [0.4, 0.5) is 10.1 Å². The summed E-state index contributed by atoms with van der Waals surface area (Å²) < 4.78 is 19.5. The summed E-state index contributed by atoms with van der Waals surface area (Å²) in [5.74, 6) is -0.249. The van der Waals surface area contributed by atoms with Gasteiger partial charge in [-0.25, -0.2) is 4.39 Å². The van der Waals surface area contributed by atoms with E-state index in [1.807, 2.05) is 43.0 Å². The van der Waals surface area contributed by atoms with Crippen LogP contribution in [0.5, 0.6) is 5.75 Å². The number of allylic oxidation sites excluding steroid dienone is 3. The number of hydrogen-bond acceptors (Lipinski definition) is 5. The van der Waals surface area contributed by atoms with Crippen molar-refractivity contribution in [3.05, 3.63) is 116 Å². The Labute approximate surface area is 239 Å². The molecule has 40 heavy (non-hydrogen) atoms. The molecule has 2 N–H and O–H groups in total. The van der Waals surface area contributed by atoms with Crippen LogP contribution in [0.2, 0.25) is 5.02 Å². The molecule has 7 heteroatoms. The van der Waals surface area contributed by atoms with Crippen molar-refractivity contribution in [2.45, 2.75) is 59.0 Å². The monoisotopic (exact) mass is 555 g/mol. The number of nitrogens with two attached hydrogens (primary N) is 1. The van der Waals surface area contributed by atoms with Gasteiger partial charge in [0, 0.05) is 23.4 Å². The van der Waals surface area contributed by atoms with Gasteiger partial charge in [-0.3, -0.25) is 9.69 Å². The van der Waals surface area contributed by atoms with Crippen molar-refractivity contribution < 1.29 is 13.9 Å². The predicted molar refractivity (Wildman–Crippen MR) is 155 cm³/mol. The van der Waals surface area contributed by atoms with Crippen LogP contribution >= 0.6 is 11.6 Å². The highest BCUT2D eigenvalue weighted by atomic mass is 35.5. The first-order valence-corrected chi connectivity index (χ1v) is 13.8. The molecule has 0 spiro atoms. The highest BCUT2D eigenvalue weighted by Crippen LogP contribution is 2.47. The van der Waals surface area contributed by atoms with Crippen molar-refractivity contribution in [3.63, 3.8) is 0 Å². The fourth-order valence-corrected chi connectivity index (χ4v) is 5.93. The standard InChI is InChI=1S/C33H31ClFN3O2/c1-4-21-8-11-24(12-9-21)38-28-6-5-7-29(39)32(28)31(26(17-36)33(38)37)25-15-22(19(2)14-20(25)3)18-40-30-13-10-23(35)16-27(30)34/h8-16,31H,4-7,18,37H2,1-3H3. The normalized spacial score (nSPS) is 17.1. The Kier molecular flexibility index (Phi) is 7.69. The minimum absolute atomic E-state index is 0.0394. The zero-order valence-electron chi connectivity index (χ0n) is 22.9. The number of nitrogens with zero attached hydrogens (tertiary/aromatic N) is 2. The van der Waals surface area contributed by atoms with Gasteiger partial charge in [0.25, 0.3) is 0 Å². The molecule has 0 saturated heterocycles. The lowest BCUT2D eigenvalue weighted by Crippen LogP contribution is -2.39. The number of ether oxygens (including phenoxy) is 1. The van der Waals surface area contributed by atoms with E-state index in [1.54, 1.807) is 0 Å². The molecule has 1 heterocycles. The lowest BCUT2D eigenvalue weighted by molar-refractivity contribution is -0.116. The lowest BCUT2D eigenvalue weighted by atomic mass is 9.74. The molecular weight excluding hydrogens is 525 g/mol. The van der Waals surface area contributed by atoms with E-state index in [2.05, 4.69) is 25.1 Å². The largest absolute Gasteiger partial charge is 0.487 e. The Bertz CT molecular complexity index is 1600. The maximum atomic E-state index is 13.6. The molecule has 0 fully saturated rings. The van der Waals surface area contributed by atoms with E-state index in [0.717, 1.165) is 46.5 Å². The number of benzene rings is 3. The number of Topliss-reactive ketones (excluding diaryl/α,β-unsaturated/α-hetero) is 1. The van der Waals surface area contributed by atoms with Gasteiger partial charge in [0.2, 0.25) is 0 Å². The summed E-state index contributed by atoms with van der Waals surface area (Å²) in [5.41, 5.74) is 14.3. The molecule has 0 aromatic heterocycles. The van der Waals surface area contributed by atoms with Gasteiger partial charge < -0.3 is 10.5 Å². The Morgan fingerprint density at radius 3 is 2.52 bits per heavy atom. The SMILES string of the molecule is CCc1ccc(N2C(N)=C(C#N)C(c3cc(COc4ccc(F)cc4Cl)c(C)cc3C)C3=C2CCCC3=O)cc1. The summed E-state index contributed by atoms with van der Waals surface area (Å²) >= 11 is 6.17. The summed E-state index contributed by atoms with van der Waals surface area (Å²) in [7, 11) is 0. The van der Waals surface area contributed by atoms with E-state index in [4.69, 9.17) is 22.1 Å². The van der Waals surface area contributed by atoms with Crippen LogP contribution in [-0.4, -0.2) is 5.78 Å². The maximum absolute atomic E-state index is 13.6. The third kappa shape index (κ3) is 4.98. The van der Waals surface area contributed by atoms with E-state index < -0.39 is 11.7 Å². The third-order valence-corrected chi connectivity index (χ3v) is 8.12. The van der Waals surface area contributed by atoms with Crippen molar-refractivity contribution >= 4 is 23.1 Å². The highest BCUT2D eigenvalue weighted by Gasteiger charge is 2.41. The van der Waals surface area contributed by atoms with Crippen LogP contribution in [-0.2, 0) is 17.8 Å². The quantitative estimate of drug-likeness (QED) is 0.340. The summed E-state index contributed by atoms with van der Waals surface area (Å²) in [6.07, 6.45) is 2.76. The first kappa shape index (κ1) is 27.5. The summed E-state index contributed by atoms with van der Waals surface area (Å²) in [6, 6.07) is 18.5. The van der Waals surface area contributed by atoms with Crippen molar-refractivity contribution in [2.75, 3.05) is 4.90 Å². The maximum Gasteiger partial charge on any atom is 0.161 e. The molecule has 3 aromatic carbocycles. The number of ketones is 1. The number of anilines is 1. The van der Waals surface area contributed by atoms with Gasteiger partial charge in [-0.05, 0) is 91.3 Å². The van der Waals surface area contributed by atoms with E-state index >= 15 is 0 Å². The predicted octanol–water partition coefficient (Wildman–Crippen LogP) is 7.54. The molecule has 0 radical (unpaired) electrons. The van der Waals surface area contributed by atoms with E-state index in [1.165, 1.54) is 23.8 Å². The van der Waals surface area contributed by atoms with Crippen molar-refractivity contribution in [2.24, 2.45) is 5.73 Å². The fraction of sp³-hybridized carbons (Fsp3) is 0.273. The average Bonchev–Trinajstić information content (AvgIpc) is 2.93. The molecule has 2 aliphatic rings. The van der Waals surface area contributed by atoms with Crippen LogP contribution in [0, 0.1) is 31.0 Å². The van der Waals surface area contributed by atoms with Crippen molar-refractivity contribution in [1.29, 1.82) is 5.26 Å². The van der Waals surface area contributed by atoms with Crippen LogP contribution < -0.4 is 15.4 Å². The van der Waals surface area contributed by atoms with Gasteiger partial charge in [-0.15, -0.1) is 0 Å². The molecule has 3 aromatic rings. The summed E-state index contributed by atoms with van der Waals surface area (Å²) in [5, 5.41) is 10.6. The smallest absolute Gasteiger partial charge is 0.161 e. The number of rotatable bonds is 6. The zero-order valence-corrected chi connectivity index (χ0v) is 23.6. The fourth-order valence-electron chi connectivity index (χ4n) is 5.70. The topological polar surface area (TPSA) is 79.3 Å². The minimum Gasteiger partial charge on any atom is -0.487 e. The Morgan fingerprint density at radius 1 is 1.10 bits per heavy atom. The average molecular weight is 556 g/mol. The number of nitriles is 1. The Hall–Kier alpha value is -4.08. The molecule has 1 unspecified atom stereocenters. The van der Waals surface area contributed by atoms with Crippen LogP contribution in [0.25, 0.3) is 0 Å². The van der Waals surface area contributed by atoms with Gasteiger partial charge in [-0.1, -0.05) is 42.8 Å². The first-order chi connectivity index (χ1) is 19.2. The van der Waals surface area contributed by atoms with Crippen LogP contribution in [0.3, 0.4) is 0 Å². The summed E-state index contributed by atoms with van der Waals surface area (Å²) in [4.78, 5) is 15.5. The Balaban J connectivity index is 1.61. The number of carbonyl (C=O) groups excluding carboxylic acids is 1. The molecule has 1 aliphatic carbocycles. The second-order valence-corrected chi connectivity index (χ2v) is 10.7. The van der Waals surface area contributed by atoms with Crippen LogP contribution in [0.1, 0.15) is 59.9 Å². The third-order valence-electron chi connectivity index (χ3n) is 7.83. The second-order valence-electron chi connectivity index (χ2n) is 10.3. The molecule has 204 valence electrons. The van der Waals surface area contributed by atoms with Gasteiger partial charge in [-0.2, -0.15) is 5.26 Å². The van der Waals surface area contributed by atoms with Gasteiger partial charge in [0.1, 0.15) is 24.0 Å². The number of halogens is 2. The van der Waals surface area contributed by atoms with Gasteiger partial charge in [0.15, 0.2) is 5.78 Å².